The maximum Gasteiger partial charge on any atom is 0.333 e. The van der Waals surface area contributed by atoms with Crippen molar-refractivity contribution in [2.75, 3.05) is 7.11 Å². The fourth-order valence-corrected chi connectivity index (χ4v) is 2.51. The third-order valence-corrected chi connectivity index (χ3v) is 3.94. The number of ether oxygens (including phenoxy) is 1. The molecule has 1 aromatic heterocycles. The number of aromatic nitrogens is 2. The van der Waals surface area contributed by atoms with E-state index in [1.807, 2.05) is 12.1 Å². The highest BCUT2D eigenvalue weighted by atomic mass is 16.5. The molecule has 0 radical (unpaired) electrons. The smallest absolute Gasteiger partial charge is 0.333 e. The van der Waals surface area contributed by atoms with E-state index < -0.39 is 17.1 Å². The predicted octanol–water partition coefficient (Wildman–Crippen LogP) is 0.670. The summed E-state index contributed by atoms with van der Waals surface area (Å²) in [5, 5.41) is 18.2. The van der Waals surface area contributed by atoms with Crippen molar-refractivity contribution < 1.29 is 9.84 Å². The Morgan fingerprint density at radius 3 is 2.68 bits per heavy atom. The van der Waals surface area contributed by atoms with Gasteiger partial charge in [0.1, 0.15) is 17.0 Å². The van der Waals surface area contributed by atoms with E-state index in [2.05, 4.69) is 10.2 Å². The normalized spacial score (nSPS) is 14.8. The minimum absolute atomic E-state index is 0.0106. The molecule has 3 rings (SSSR count). The molecule has 8 heteroatoms. The highest BCUT2D eigenvalue weighted by Crippen LogP contribution is 2.21. The third-order valence-electron chi connectivity index (χ3n) is 3.94. The lowest BCUT2D eigenvalue weighted by Gasteiger charge is -2.09. The summed E-state index contributed by atoms with van der Waals surface area (Å²) in [5.41, 5.74) is 0.617. The van der Waals surface area contributed by atoms with Gasteiger partial charge >= 0.3 is 5.69 Å². The Labute approximate surface area is 142 Å². The maximum absolute atomic E-state index is 12.3. The zero-order chi connectivity index (χ0) is 18.1. The van der Waals surface area contributed by atoms with Gasteiger partial charge in [-0.25, -0.2) is 4.79 Å². The number of methoxy groups -OCH3 is 1. The van der Waals surface area contributed by atoms with E-state index in [-0.39, 0.29) is 5.56 Å². The number of aromatic hydroxyl groups is 1. The van der Waals surface area contributed by atoms with Crippen molar-refractivity contribution >= 4 is 18.0 Å². The average molecular weight is 340 g/mol. The van der Waals surface area contributed by atoms with Crippen molar-refractivity contribution in [2.45, 2.75) is 0 Å². The van der Waals surface area contributed by atoms with Crippen LogP contribution in [0, 0.1) is 0 Å². The molecule has 2 heterocycles. The highest BCUT2D eigenvalue weighted by molar-refractivity contribution is 6.28. The molecular formula is C17H16N4O4. The Morgan fingerprint density at radius 2 is 1.96 bits per heavy atom. The fourth-order valence-electron chi connectivity index (χ4n) is 2.51. The summed E-state index contributed by atoms with van der Waals surface area (Å²) in [6.45, 7) is 0. The number of nitrogens with zero attached hydrogens (tertiary/aromatic N) is 4. The van der Waals surface area contributed by atoms with Gasteiger partial charge in [0.05, 0.1) is 13.3 Å². The molecule has 128 valence electrons. The van der Waals surface area contributed by atoms with Gasteiger partial charge in [0.15, 0.2) is 0 Å². The summed E-state index contributed by atoms with van der Waals surface area (Å²) in [6.07, 6.45) is 2.95. The molecule has 0 atom stereocenters. The molecular weight excluding hydrogens is 324 g/mol. The molecule has 0 spiro atoms. The molecule has 25 heavy (non-hydrogen) atoms. The molecule has 8 nitrogen and oxygen atoms in total. The molecule has 0 aliphatic carbocycles. The lowest BCUT2D eigenvalue weighted by Crippen LogP contribution is -2.38. The van der Waals surface area contributed by atoms with Crippen LogP contribution in [-0.4, -0.2) is 33.3 Å². The second-order valence-corrected chi connectivity index (χ2v) is 5.47. The SMILES string of the molecule is COc1cccc(C2=NN=C/C2=C\c2c(O)n(C)c(=O)n(C)c2=O)c1. The zero-order valence-corrected chi connectivity index (χ0v) is 13.9. The van der Waals surface area contributed by atoms with Gasteiger partial charge in [0.2, 0.25) is 5.88 Å². The fraction of sp³-hybridized carbons (Fsp3) is 0.176. The maximum atomic E-state index is 12.3. The molecule has 1 N–H and O–H groups in total. The number of benzene rings is 1. The monoisotopic (exact) mass is 340 g/mol. The van der Waals surface area contributed by atoms with Crippen LogP contribution >= 0.6 is 0 Å². The first-order valence-electron chi connectivity index (χ1n) is 7.40. The van der Waals surface area contributed by atoms with E-state index in [1.54, 1.807) is 19.2 Å². The third kappa shape index (κ3) is 2.78. The summed E-state index contributed by atoms with van der Waals surface area (Å²) < 4.78 is 7.14. The summed E-state index contributed by atoms with van der Waals surface area (Å²) in [5.74, 6) is 0.248. The van der Waals surface area contributed by atoms with E-state index in [0.717, 1.165) is 14.7 Å². The average Bonchev–Trinajstić information content (AvgIpc) is 3.10. The van der Waals surface area contributed by atoms with Gasteiger partial charge in [-0.15, -0.1) is 5.10 Å². The minimum atomic E-state index is -0.605. The Hall–Kier alpha value is -3.42. The lowest BCUT2D eigenvalue weighted by molar-refractivity contribution is 0.410. The van der Waals surface area contributed by atoms with Crippen LogP contribution in [0.1, 0.15) is 11.1 Å². The van der Waals surface area contributed by atoms with Crippen LogP contribution in [0.2, 0.25) is 0 Å². The molecule has 0 bridgehead atoms. The van der Waals surface area contributed by atoms with Crippen LogP contribution in [0.4, 0.5) is 0 Å². The second-order valence-electron chi connectivity index (χ2n) is 5.47. The molecule has 2 aromatic rings. The van der Waals surface area contributed by atoms with Crippen molar-refractivity contribution in [3.05, 3.63) is 61.8 Å². The van der Waals surface area contributed by atoms with E-state index in [1.165, 1.54) is 26.4 Å². The number of rotatable bonds is 3. The van der Waals surface area contributed by atoms with Crippen molar-refractivity contribution in [1.29, 1.82) is 0 Å². The van der Waals surface area contributed by atoms with E-state index in [9.17, 15) is 14.7 Å². The Kier molecular flexibility index (Phi) is 4.10. The number of allylic oxidation sites excluding steroid dienone is 1. The molecule has 0 unspecified atom stereocenters. The Bertz CT molecular complexity index is 1060. The first-order valence-corrected chi connectivity index (χ1v) is 7.40. The van der Waals surface area contributed by atoms with Crippen molar-refractivity contribution in [3.63, 3.8) is 0 Å². The topological polar surface area (TPSA) is 98.2 Å². The Morgan fingerprint density at radius 1 is 1.20 bits per heavy atom. The van der Waals surface area contributed by atoms with Gasteiger partial charge in [-0.05, 0) is 18.2 Å². The van der Waals surface area contributed by atoms with Crippen molar-refractivity contribution in [2.24, 2.45) is 24.3 Å². The number of hydrogen-bond donors (Lipinski definition) is 1. The first kappa shape index (κ1) is 16.4. The van der Waals surface area contributed by atoms with Gasteiger partial charge < -0.3 is 9.84 Å². The molecule has 1 aromatic carbocycles. The molecule has 1 aliphatic rings. The van der Waals surface area contributed by atoms with Crippen LogP contribution in [-0.2, 0) is 14.1 Å². The molecule has 1 aliphatic heterocycles. The summed E-state index contributed by atoms with van der Waals surface area (Å²) in [6, 6.07) is 7.25. The quantitative estimate of drug-likeness (QED) is 0.888. The Balaban J connectivity index is 2.14. The van der Waals surface area contributed by atoms with E-state index in [0.29, 0.717) is 17.0 Å². The van der Waals surface area contributed by atoms with Crippen LogP contribution in [0.3, 0.4) is 0 Å². The number of hydrogen-bond acceptors (Lipinski definition) is 6. The summed E-state index contributed by atoms with van der Waals surface area (Å²) >= 11 is 0. The molecule has 0 saturated carbocycles. The van der Waals surface area contributed by atoms with Crippen LogP contribution < -0.4 is 16.0 Å². The zero-order valence-electron chi connectivity index (χ0n) is 13.9. The van der Waals surface area contributed by atoms with Crippen LogP contribution in [0.15, 0.2) is 49.6 Å². The van der Waals surface area contributed by atoms with Gasteiger partial charge in [-0.3, -0.25) is 13.9 Å². The van der Waals surface area contributed by atoms with Crippen LogP contribution in [0.25, 0.3) is 6.08 Å². The van der Waals surface area contributed by atoms with E-state index >= 15 is 0 Å². The first-order chi connectivity index (χ1) is 11.9. The summed E-state index contributed by atoms with van der Waals surface area (Å²) in [4.78, 5) is 24.2. The van der Waals surface area contributed by atoms with Gasteiger partial charge in [0.25, 0.3) is 5.56 Å². The predicted molar refractivity (Wildman–Crippen MR) is 94.6 cm³/mol. The van der Waals surface area contributed by atoms with Crippen molar-refractivity contribution in [1.82, 2.24) is 9.13 Å². The largest absolute Gasteiger partial charge is 0.497 e. The van der Waals surface area contributed by atoms with Gasteiger partial charge in [-0.1, -0.05) is 12.1 Å². The molecule has 0 fully saturated rings. The van der Waals surface area contributed by atoms with Gasteiger partial charge in [-0.2, -0.15) is 5.10 Å². The van der Waals surface area contributed by atoms with Crippen molar-refractivity contribution in [3.8, 4) is 11.6 Å². The molecule has 0 saturated heterocycles. The second kappa shape index (κ2) is 6.23. The van der Waals surface area contributed by atoms with Gasteiger partial charge in [0, 0.05) is 25.2 Å². The summed E-state index contributed by atoms with van der Waals surface area (Å²) in [7, 11) is 4.31. The van der Waals surface area contributed by atoms with E-state index in [4.69, 9.17) is 4.74 Å². The highest BCUT2D eigenvalue weighted by Gasteiger charge is 2.18. The van der Waals surface area contributed by atoms with Crippen LogP contribution in [0.5, 0.6) is 11.6 Å². The standard InChI is InChI=1S/C17H16N4O4/c1-20-15(22)13(16(23)21(2)17(20)24)8-11-9-18-19-14(11)10-5-4-6-12(7-10)25-3/h4-9,22H,1-3H3/b11-8+. The lowest BCUT2D eigenvalue weighted by atomic mass is 10.0. The minimum Gasteiger partial charge on any atom is -0.497 e. The molecule has 0 amide bonds.